The summed E-state index contributed by atoms with van der Waals surface area (Å²) >= 11 is 0. The number of carbonyl (C=O) groups is 1. The Hall–Kier alpha value is -2.34. The van der Waals surface area contributed by atoms with Gasteiger partial charge in [0, 0.05) is 25.2 Å². The minimum absolute atomic E-state index is 0.0173. The fourth-order valence-electron chi connectivity index (χ4n) is 3.36. The van der Waals surface area contributed by atoms with Crippen molar-refractivity contribution < 1.29 is 13.2 Å². The number of hydrogen-bond donors (Lipinski definition) is 0. The predicted molar refractivity (Wildman–Crippen MR) is 104 cm³/mol. The molecule has 5 nitrogen and oxygen atoms in total. The van der Waals surface area contributed by atoms with Crippen LogP contribution in [0, 0.1) is 0 Å². The number of amides is 1. The average Bonchev–Trinajstić information content (AvgIpc) is 3.05. The number of benzene rings is 2. The Morgan fingerprint density at radius 2 is 1.88 bits per heavy atom. The molecule has 0 N–H and O–H groups in total. The molecule has 0 unspecified atom stereocenters. The maximum absolute atomic E-state index is 13.0. The van der Waals surface area contributed by atoms with Crippen molar-refractivity contribution >= 4 is 21.6 Å². The standard InChI is InChI=1S/C20H24N2O3S/c1-3-12-21(15-16-7-5-4-6-8-16)20(23)18-9-10-19-17(14-18)11-13-22(19)26(2,24)25/h4-10,14H,3,11-13,15H2,1-2H3. The molecule has 6 heteroatoms. The molecule has 2 aromatic carbocycles. The van der Waals surface area contributed by atoms with Crippen molar-refractivity contribution in [3.8, 4) is 0 Å². The topological polar surface area (TPSA) is 57.7 Å². The molecule has 1 aliphatic heterocycles. The second-order valence-electron chi connectivity index (χ2n) is 6.64. The molecule has 0 aliphatic carbocycles. The third-order valence-corrected chi connectivity index (χ3v) is 5.76. The molecule has 0 fully saturated rings. The SMILES string of the molecule is CCCN(Cc1ccccc1)C(=O)c1ccc2c(c1)CCN2S(C)(=O)=O. The molecule has 1 amide bonds. The van der Waals surface area contributed by atoms with Gasteiger partial charge in [-0.25, -0.2) is 8.42 Å². The van der Waals surface area contributed by atoms with E-state index in [1.54, 1.807) is 12.1 Å². The van der Waals surface area contributed by atoms with Crippen LogP contribution < -0.4 is 4.31 Å². The highest BCUT2D eigenvalue weighted by Crippen LogP contribution is 2.31. The molecule has 0 saturated heterocycles. The van der Waals surface area contributed by atoms with Crippen molar-refractivity contribution in [1.82, 2.24) is 4.90 Å². The first-order valence-electron chi connectivity index (χ1n) is 8.84. The molecule has 0 atom stereocenters. The zero-order valence-corrected chi connectivity index (χ0v) is 16.0. The van der Waals surface area contributed by atoms with Crippen molar-refractivity contribution in [1.29, 1.82) is 0 Å². The zero-order chi connectivity index (χ0) is 18.7. The number of rotatable bonds is 6. The molecule has 138 valence electrons. The van der Waals surface area contributed by atoms with Gasteiger partial charge in [0.1, 0.15) is 0 Å². The smallest absolute Gasteiger partial charge is 0.254 e. The van der Waals surface area contributed by atoms with E-state index < -0.39 is 10.0 Å². The molecule has 0 saturated carbocycles. The van der Waals surface area contributed by atoms with Crippen LogP contribution in [0.25, 0.3) is 0 Å². The average molecular weight is 372 g/mol. The number of fused-ring (bicyclic) bond motifs is 1. The lowest BCUT2D eigenvalue weighted by Crippen LogP contribution is -2.31. The van der Waals surface area contributed by atoms with E-state index in [0.29, 0.717) is 37.3 Å². The molecule has 0 radical (unpaired) electrons. The first kappa shape index (κ1) is 18.5. The van der Waals surface area contributed by atoms with Gasteiger partial charge in [-0.05, 0) is 42.2 Å². The highest BCUT2D eigenvalue weighted by Gasteiger charge is 2.27. The number of nitrogens with zero attached hydrogens (tertiary/aromatic N) is 2. The van der Waals surface area contributed by atoms with Crippen molar-refractivity contribution in [3.05, 3.63) is 65.2 Å². The van der Waals surface area contributed by atoms with Crippen LogP contribution in [0.1, 0.15) is 34.8 Å². The Labute approximate surface area is 155 Å². The summed E-state index contributed by atoms with van der Waals surface area (Å²) in [6, 6.07) is 15.3. The van der Waals surface area contributed by atoms with Gasteiger partial charge in [0.05, 0.1) is 11.9 Å². The Morgan fingerprint density at radius 3 is 2.54 bits per heavy atom. The normalized spacial score (nSPS) is 13.5. The lowest BCUT2D eigenvalue weighted by Gasteiger charge is -2.23. The Kier molecular flexibility index (Phi) is 5.32. The van der Waals surface area contributed by atoms with Gasteiger partial charge < -0.3 is 4.90 Å². The molecule has 3 rings (SSSR count). The van der Waals surface area contributed by atoms with E-state index in [9.17, 15) is 13.2 Å². The van der Waals surface area contributed by atoms with Gasteiger partial charge in [-0.2, -0.15) is 0 Å². The Morgan fingerprint density at radius 1 is 1.15 bits per heavy atom. The molecule has 26 heavy (non-hydrogen) atoms. The summed E-state index contributed by atoms with van der Waals surface area (Å²) in [5.74, 6) is -0.0173. The molecule has 0 bridgehead atoms. The summed E-state index contributed by atoms with van der Waals surface area (Å²) in [6.45, 7) is 3.74. The fourth-order valence-corrected chi connectivity index (χ4v) is 4.32. The van der Waals surface area contributed by atoms with Gasteiger partial charge in [0.15, 0.2) is 0 Å². The quantitative estimate of drug-likeness (QED) is 0.783. The van der Waals surface area contributed by atoms with E-state index in [1.165, 1.54) is 10.6 Å². The molecule has 2 aromatic rings. The van der Waals surface area contributed by atoms with Crippen LogP contribution in [0.3, 0.4) is 0 Å². The lowest BCUT2D eigenvalue weighted by molar-refractivity contribution is 0.0743. The highest BCUT2D eigenvalue weighted by atomic mass is 32.2. The number of hydrogen-bond acceptors (Lipinski definition) is 3. The van der Waals surface area contributed by atoms with Crippen LogP contribution in [0.4, 0.5) is 5.69 Å². The second-order valence-corrected chi connectivity index (χ2v) is 8.55. The Bertz CT molecular complexity index is 895. The first-order valence-corrected chi connectivity index (χ1v) is 10.7. The summed E-state index contributed by atoms with van der Waals surface area (Å²) in [7, 11) is -3.28. The summed E-state index contributed by atoms with van der Waals surface area (Å²) in [5.41, 5.74) is 3.31. The number of carbonyl (C=O) groups excluding carboxylic acids is 1. The summed E-state index contributed by atoms with van der Waals surface area (Å²) in [6.07, 6.45) is 2.73. The van der Waals surface area contributed by atoms with E-state index in [-0.39, 0.29) is 5.91 Å². The third-order valence-electron chi connectivity index (χ3n) is 4.58. The van der Waals surface area contributed by atoms with Crippen LogP contribution in [0.5, 0.6) is 0 Å². The van der Waals surface area contributed by atoms with Crippen molar-refractivity contribution in [3.63, 3.8) is 0 Å². The summed E-state index contributed by atoms with van der Waals surface area (Å²) < 4.78 is 25.1. The van der Waals surface area contributed by atoms with Crippen LogP contribution in [0.15, 0.2) is 48.5 Å². The third kappa shape index (κ3) is 3.90. The van der Waals surface area contributed by atoms with Gasteiger partial charge in [-0.3, -0.25) is 9.10 Å². The lowest BCUT2D eigenvalue weighted by atomic mass is 10.1. The molecule has 0 spiro atoms. The molecule has 1 aliphatic rings. The number of sulfonamides is 1. The van der Waals surface area contributed by atoms with E-state index in [4.69, 9.17) is 0 Å². The summed E-state index contributed by atoms with van der Waals surface area (Å²) in [5, 5.41) is 0. The predicted octanol–water partition coefficient (Wildman–Crippen LogP) is 3.06. The highest BCUT2D eigenvalue weighted by molar-refractivity contribution is 7.92. The maximum atomic E-state index is 13.0. The van der Waals surface area contributed by atoms with Crippen LogP contribution >= 0.6 is 0 Å². The van der Waals surface area contributed by atoms with Crippen LogP contribution in [-0.2, 0) is 23.0 Å². The van der Waals surface area contributed by atoms with Crippen LogP contribution in [0.2, 0.25) is 0 Å². The number of anilines is 1. The van der Waals surface area contributed by atoms with E-state index in [2.05, 4.69) is 6.92 Å². The molecular formula is C20H24N2O3S. The fraction of sp³-hybridized carbons (Fsp3) is 0.350. The van der Waals surface area contributed by atoms with E-state index in [0.717, 1.165) is 17.5 Å². The van der Waals surface area contributed by atoms with Crippen LogP contribution in [-0.4, -0.2) is 38.6 Å². The summed E-state index contributed by atoms with van der Waals surface area (Å²) in [4.78, 5) is 14.9. The minimum atomic E-state index is -3.28. The first-order chi connectivity index (χ1) is 12.4. The van der Waals surface area contributed by atoms with Gasteiger partial charge in [0.2, 0.25) is 10.0 Å². The Balaban J connectivity index is 1.84. The molecule has 0 aromatic heterocycles. The van der Waals surface area contributed by atoms with Crippen molar-refractivity contribution in [2.45, 2.75) is 26.3 Å². The van der Waals surface area contributed by atoms with Crippen molar-refractivity contribution in [2.75, 3.05) is 23.7 Å². The molecular weight excluding hydrogens is 348 g/mol. The van der Waals surface area contributed by atoms with Gasteiger partial charge in [0.25, 0.3) is 5.91 Å². The maximum Gasteiger partial charge on any atom is 0.254 e. The molecule has 1 heterocycles. The van der Waals surface area contributed by atoms with Gasteiger partial charge in [-0.15, -0.1) is 0 Å². The monoisotopic (exact) mass is 372 g/mol. The van der Waals surface area contributed by atoms with E-state index in [1.807, 2.05) is 41.3 Å². The van der Waals surface area contributed by atoms with Crippen molar-refractivity contribution in [2.24, 2.45) is 0 Å². The largest absolute Gasteiger partial charge is 0.334 e. The minimum Gasteiger partial charge on any atom is -0.334 e. The van der Waals surface area contributed by atoms with Gasteiger partial charge in [-0.1, -0.05) is 37.3 Å². The second kappa shape index (κ2) is 7.50. The van der Waals surface area contributed by atoms with E-state index >= 15 is 0 Å². The van der Waals surface area contributed by atoms with Gasteiger partial charge >= 0.3 is 0 Å². The zero-order valence-electron chi connectivity index (χ0n) is 15.2.